The van der Waals surface area contributed by atoms with Crippen molar-refractivity contribution in [3.05, 3.63) is 29.8 Å². The highest BCUT2D eigenvalue weighted by molar-refractivity contribution is 5.82. The van der Waals surface area contributed by atoms with Crippen LogP contribution in [0.25, 0.3) is 10.9 Å². The Kier molecular flexibility index (Phi) is 3.86. The van der Waals surface area contributed by atoms with Crippen LogP contribution in [0.1, 0.15) is 26.3 Å². The van der Waals surface area contributed by atoms with E-state index in [4.69, 9.17) is 14.7 Å². The summed E-state index contributed by atoms with van der Waals surface area (Å²) in [6.07, 6.45) is 0.114. The van der Waals surface area contributed by atoms with Crippen LogP contribution >= 0.6 is 0 Å². The summed E-state index contributed by atoms with van der Waals surface area (Å²) >= 11 is 0. The molecule has 0 aliphatic rings. The van der Waals surface area contributed by atoms with Crippen LogP contribution in [0.5, 0.6) is 11.6 Å². The van der Waals surface area contributed by atoms with Gasteiger partial charge in [0.2, 0.25) is 5.88 Å². The highest BCUT2D eigenvalue weighted by Crippen LogP contribution is 2.25. The molecule has 0 saturated carbocycles. The van der Waals surface area contributed by atoms with Gasteiger partial charge < -0.3 is 9.47 Å². The maximum absolute atomic E-state index is 9.12. The van der Waals surface area contributed by atoms with Gasteiger partial charge in [-0.05, 0) is 45.0 Å². The zero-order valence-electron chi connectivity index (χ0n) is 11.3. The van der Waals surface area contributed by atoms with E-state index in [0.717, 1.165) is 16.7 Å². The molecule has 1 aromatic heterocycles. The number of nitrogens with zero attached hydrogens (tertiary/aromatic N) is 2. The third-order valence-electron chi connectivity index (χ3n) is 2.52. The average Bonchev–Trinajstić information content (AvgIpc) is 2.38. The second-order valence-electron chi connectivity index (χ2n) is 4.41. The standard InChI is InChI=1S/C15H16N2O2/c1-4-18-15-12(9-16)7-11-8-13(19-10(2)3)5-6-14(11)17-15/h5-8,10H,4H2,1-3H3. The maximum Gasteiger partial charge on any atom is 0.232 e. The molecule has 0 saturated heterocycles. The Morgan fingerprint density at radius 3 is 2.74 bits per heavy atom. The molecule has 4 nitrogen and oxygen atoms in total. The molecular formula is C15H16N2O2. The van der Waals surface area contributed by atoms with Crippen molar-refractivity contribution in [3.8, 4) is 17.7 Å². The van der Waals surface area contributed by atoms with Crippen LogP contribution in [-0.4, -0.2) is 17.7 Å². The van der Waals surface area contributed by atoms with Gasteiger partial charge in [0.15, 0.2) is 0 Å². The third-order valence-corrected chi connectivity index (χ3v) is 2.52. The zero-order chi connectivity index (χ0) is 13.8. The van der Waals surface area contributed by atoms with Gasteiger partial charge in [-0.2, -0.15) is 5.26 Å². The van der Waals surface area contributed by atoms with Crippen LogP contribution in [0.4, 0.5) is 0 Å². The summed E-state index contributed by atoms with van der Waals surface area (Å²) in [6, 6.07) is 9.51. The molecule has 4 heteroatoms. The molecule has 19 heavy (non-hydrogen) atoms. The van der Waals surface area contributed by atoms with E-state index in [0.29, 0.717) is 18.1 Å². The average molecular weight is 256 g/mol. The Hall–Kier alpha value is -2.28. The van der Waals surface area contributed by atoms with E-state index in [9.17, 15) is 0 Å². The molecule has 2 rings (SSSR count). The lowest BCUT2D eigenvalue weighted by atomic mass is 10.1. The van der Waals surface area contributed by atoms with Gasteiger partial charge in [0, 0.05) is 5.39 Å². The zero-order valence-corrected chi connectivity index (χ0v) is 11.3. The molecule has 0 aliphatic heterocycles. The first-order valence-corrected chi connectivity index (χ1v) is 6.28. The van der Waals surface area contributed by atoms with Crippen molar-refractivity contribution in [1.29, 1.82) is 5.26 Å². The topological polar surface area (TPSA) is 55.1 Å². The molecule has 1 aromatic carbocycles. The molecule has 0 bridgehead atoms. The number of pyridine rings is 1. The molecule has 0 N–H and O–H groups in total. The number of hydrogen-bond acceptors (Lipinski definition) is 4. The van der Waals surface area contributed by atoms with Crippen molar-refractivity contribution in [3.63, 3.8) is 0 Å². The smallest absolute Gasteiger partial charge is 0.232 e. The summed E-state index contributed by atoms with van der Waals surface area (Å²) in [7, 11) is 0. The normalized spacial score (nSPS) is 10.5. The fourth-order valence-corrected chi connectivity index (χ4v) is 1.81. The summed E-state index contributed by atoms with van der Waals surface area (Å²) < 4.78 is 11.0. The SMILES string of the molecule is CCOc1nc2ccc(OC(C)C)cc2cc1C#N. The van der Waals surface area contributed by atoms with E-state index < -0.39 is 0 Å². The predicted molar refractivity (Wildman–Crippen MR) is 73.4 cm³/mol. The molecular weight excluding hydrogens is 240 g/mol. The van der Waals surface area contributed by atoms with E-state index in [1.807, 2.05) is 39.0 Å². The minimum atomic E-state index is 0.114. The van der Waals surface area contributed by atoms with Crippen molar-refractivity contribution in [2.24, 2.45) is 0 Å². The molecule has 0 atom stereocenters. The Labute approximate surface area is 112 Å². The van der Waals surface area contributed by atoms with Crippen LogP contribution in [-0.2, 0) is 0 Å². The lowest BCUT2D eigenvalue weighted by molar-refractivity contribution is 0.242. The van der Waals surface area contributed by atoms with Gasteiger partial charge in [0.1, 0.15) is 17.4 Å². The Balaban J connectivity index is 2.49. The Bertz CT molecular complexity index is 630. The first-order valence-electron chi connectivity index (χ1n) is 6.28. The minimum absolute atomic E-state index is 0.114. The number of rotatable bonds is 4. The number of aromatic nitrogens is 1. The van der Waals surface area contributed by atoms with Crippen LogP contribution in [0, 0.1) is 11.3 Å². The fourth-order valence-electron chi connectivity index (χ4n) is 1.81. The molecule has 0 aliphatic carbocycles. The summed E-state index contributed by atoms with van der Waals surface area (Å²) in [5, 5.41) is 9.99. The molecule has 0 radical (unpaired) electrons. The number of hydrogen-bond donors (Lipinski definition) is 0. The number of fused-ring (bicyclic) bond motifs is 1. The van der Waals surface area contributed by atoms with E-state index >= 15 is 0 Å². The van der Waals surface area contributed by atoms with Gasteiger partial charge in [0.25, 0.3) is 0 Å². The summed E-state index contributed by atoms with van der Waals surface area (Å²) in [5.41, 5.74) is 1.23. The first kappa shape index (κ1) is 13.2. The van der Waals surface area contributed by atoms with Crippen molar-refractivity contribution >= 4 is 10.9 Å². The highest BCUT2D eigenvalue weighted by atomic mass is 16.5. The van der Waals surface area contributed by atoms with Crippen LogP contribution in [0.3, 0.4) is 0 Å². The summed E-state index contributed by atoms with van der Waals surface area (Å²) in [6.45, 7) is 6.30. The quantitative estimate of drug-likeness (QED) is 0.842. The van der Waals surface area contributed by atoms with Gasteiger partial charge in [-0.3, -0.25) is 0 Å². The molecule has 0 spiro atoms. The van der Waals surface area contributed by atoms with Gasteiger partial charge >= 0.3 is 0 Å². The predicted octanol–water partition coefficient (Wildman–Crippen LogP) is 3.29. The number of ether oxygens (including phenoxy) is 2. The third kappa shape index (κ3) is 2.94. The van der Waals surface area contributed by atoms with E-state index in [-0.39, 0.29) is 6.10 Å². The van der Waals surface area contributed by atoms with Gasteiger partial charge in [-0.1, -0.05) is 0 Å². The number of benzene rings is 1. The second-order valence-corrected chi connectivity index (χ2v) is 4.41. The second kappa shape index (κ2) is 5.57. The highest BCUT2D eigenvalue weighted by Gasteiger charge is 2.08. The molecule has 0 unspecified atom stereocenters. The fraction of sp³-hybridized carbons (Fsp3) is 0.333. The Morgan fingerprint density at radius 1 is 1.32 bits per heavy atom. The molecule has 0 fully saturated rings. The first-order chi connectivity index (χ1) is 9.13. The van der Waals surface area contributed by atoms with Crippen molar-refractivity contribution in [2.45, 2.75) is 26.9 Å². The molecule has 2 aromatic rings. The van der Waals surface area contributed by atoms with Gasteiger partial charge in [-0.25, -0.2) is 4.98 Å². The molecule has 0 amide bonds. The van der Waals surface area contributed by atoms with E-state index in [1.54, 1.807) is 6.07 Å². The van der Waals surface area contributed by atoms with E-state index in [2.05, 4.69) is 11.1 Å². The Morgan fingerprint density at radius 2 is 2.11 bits per heavy atom. The molecule has 98 valence electrons. The van der Waals surface area contributed by atoms with Crippen LogP contribution in [0.15, 0.2) is 24.3 Å². The largest absolute Gasteiger partial charge is 0.491 e. The maximum atomic E-state index is 9.12. The lowest BCUT2D eigenvalue weighted by Crippen LogP contribution is -2.05. The molecule has 1 heterocycles. The summed E-state index contributed by atoms with van der Waals surface area (Å²) in [5.74, 6) is 1.16. The van der Waals surface area contributed by atoms with Crippen molar-refractivity contribution < 1.29 is 9.47 Å². The van der Waals surface area contributed by atoms with Gasteiger partial charge in [-0.15, -0.1) is 0 Å². The van der Waals surface area contributed by atoms with Crippen molar-refractivity contribution in [2.75, 3.05) is 6.61 Å². The van der Waals surface area contributed by atoms with Crippen molar-refractivity contribution in [1.82, 2.24) is 4.98 Å². The van der Waals surface area contributed by atoms with Crippen LogP contribution < -0.4 is 9.47 Å². The lowest BCUT2D eigenvalue weighted by Gasteiger charge is -2.11. The van der Waals surface area contributed by atoms with Crippen LogP contribution in [0.2, 0.25) is 0 Å². The summed E-state index contributed by atoms with van der Waals surface area (Å²) in [4.78, 5) is 4.36. The van der Waals surface area contributed by atoms with Gasteiger partial charge in [0.05, 0.1) is 18.2 Å². The monoisotopic (exact) mass is 256 g/mol. The number of nitriles is 1. The van der Waals surface area contributed by atoms with E-state index in [1.165, 1.54) is 0 Å². The minimum Gasteiger partial charge on any atom is -0.491 e.